The molecule has 5 aromatic rings. The van der Waals surface area contributed by atoms with Gasteiger partial charge in [-0.15, -0.1) is 0 Å². The first-order valence-corrected chi connectivity index (χ1v) is 21.2. The van der Waals surface area contributed by atoms with Crippen molar-refractivity contribution in [1.29, 1.82) is 0 Å². The summed E-state index contributed by atoms with van der Waals surface area (Å²) in [4.78, 5) is 10.7. The molecule has 0 aliphatic rings. The second-order valence-corrected chi connectivity index (χ2v) is 16.0. The van der Waals surface area contributed by atoms with Gasteiger partial charge in [0, 0.05) is 25.3 Å². The molecule has 0 fully saturated rings. The van der Waals surface area contributed by atoms with Crippen molar-refractivity contribution in [2.24, 2.45) is 0 Å². The van der Waals surface area contributed by atoms with E-state index >= 15 is 0 Å². The van der Waals surface area contributed by atoms with E-state index in [9.17, 15) is 14.7 Å². The zero-order chi connectivity index (χ0) is 36.6. The van der Waals surface area contributed by atoms with Gasteiger partial charge in [-0.1, -0.05) is 120 Å². The van der Waals surface area contributed by atoms with Crippen molar-refractivity contribution < 1.29 is 28.0 Å². The van der Waals surface area contributed by atoms with E-state index in [0.717, 1.165) is 51.4 Å². The van der Waals surface area contributed by atoms with E-state index in [2.05, 4.69) is 68.4 Å². The summed E-state index contributed by atoms with van der Waals surface area (Å²) in [7, 11) is -3.57. The molecule has 2 atom stereocenters. The van der Waals surface area contributed by atoms with Gasteiger partial charge in [0.25, 0.3) is 5.69 Å². The number of hydrogen-bond donors (Lipinski definition) is 0. The monoisotopic (exact) mass is 729 g/mol. The molecule has 5 aromatic carbocycles. The van der Waals surface area contributed by atoms with Gasteiger partial charge in [0.15, 0.2) is 0 Å². The molecule has 0 heterocycles. The fraction of sp³-hybridized carbons (Fsp3) is 0.488. The van der Waals surface area contributed by atoms with Gasteiger partial charge >= 0.3 is 7.60 Å². The summed E-state index contributed by atoms with van der Waals surface area (Å²) < 4.78 is 38.5. The Balaban J connectivity index is 1.18. The quantitative estimate of drug-likeness (QED) is 0.0184. The standard InChI is InChI=1S/C43H56NO7P/c1-3-5-7-9-10-12-29-48-32-40(33-50-52(47,31-14-8-6-4-2)51-39-26-24-38(25-27-39)44(45)46)49-30-13-11-16-34-19-20-37-22-21-35-17-15-18-36-23-28-41(34)43(37)42(35)36/h15,17-28,40H,3-14,16,29-33H2,1-2H3. The highest BCUT2D eigenvalue weighted by atomic mass is 31.2. The topological polar surface area (TPSA) is 97.1 Å². The minimum atomic E-state index is -3.57. The first-order chi connectivity index (χ1) is 25.4. The molecule has 0 amide bonds. The van der Waals surface area contributed by atoms with Crippen molar-refractivity contribution in [1.82, 2.24) is 0 Å². The summed E-state index contributed by atoms with van der Waals surface area (Å²) in [5.41, 5.74) is 1.29. The summed E-state index contributed by atoms with van der Waals surface area (Å²) in [5, 5.41) is 19.0. The molecule has 5 rings (SSSR count). The number of benzene rings is 5. The highest BCUT2D eigenvalue weighted by molar-refractivity contribution is 7.54. The molecule has 0 N–H and O–H groups in total. The van der Waals surface area contributed by atoms with E-state index in [1.54, 1.807) is 0 Å². The van der Waals surface area contributed by atoms with E-state index in [0.29, 0.717) is 26.2 Å². The maximum absolute atomic E-state index is 14.1. The minimum Gasteiger partial charge on any atom is -0.424 e. The van der Waals surface area contributed by atoms with Crippen LogP contribution in [0.15, 0.2) is 78.9 Å². The highest BCUT2D eigenvalue weighted by Gasteiger charge is 2.28. The number of ether oxygens (including phenoxy) is 2. The molecule has 280 valence electrons. The largest absolute Gasteiger partial charge is 0.424 e. The summed E-state index contributed by atoms with van der Waals surface area (Å²) >= 11 is 0. The first kappa shape index (κ1) is 39.7. The number of nitrogens with zero attached hydrogens (tertiary/aromatic N) is 1. The smallest absolute Gasteiger partial charge is 0.379 e. The second kappa shape index (κ2) is 20.6. The minimum absolute atomic E-state index is 0.0545. The molecule has 0 saturated heterocycles. The Bertz CT molecular complexity index is 1840. The lowest BCUT2D eigenvalue weighted by atomic mass is 9.91. The number of nitro benzene ring substituents is 1. The molecule has 52 heavy (non-hydrogen) atoms. The third-order valence-corrected chi connectivity index (χ3v) is 11.7. The maximum atomic E-state index is 14.1. The lowest BCUT2D eigenvalue weighted by Crippen LogP contribution is -2.27. The van der Waals surface area contributed by atoms with Gasteiger partial charge in [-0.25, -0.2) is 4.57 Å². The number of rotatable bonds is 26. The Morgan fingerprint density at radius 1 is 0.673 bits per heavy atom. The molecular weight excluding hydrogens is 673 g/mol. The van der Waals surface area contributed by atoms with Crippen molar-refractivity contribution in [3.05, 3.63) is 94.5 Å². The van der Waals surface area contributed by atoms with Gasteiger partial charge < -0.3 is 14.0 Å². The van der Waals surface area contributed by atoms with Crippen LogP contribution in [0, 0.1) is 10.1 Å². The molecule has 0 bridgehead atoms. The Hall–Kier alpha value is -3.55. The molecule has 0 saturated carbocycles. The molecule has 2 unspecified atom stereocenters. The number of hydrogen-bond acceptors (Lipinski definition) is 7. The third kappa shape index (κ3) is 11.5. The third-order valence-electron chi connectivity index (χ3n) is 9.79. The van der Waals surface area contributed by atoms with E-state index in [4.69, 9.17) is 18.5 Å². The Labute approximate surface area is 309 Å². The Kier molecular flexibility index (Phi) is 15.7. The van der Waals surface area contributed by atoms with Crippen LogP contribution >= 0.6 is 7.60 Å². The SMILES string of the molecule is CCCCCCCCOCC(COP(=O)(CCCCCC)Oc1ccc([N+](=O)[O-])cc1)OCCCCc1ccc2ccc3cccc4ccc1c2c34. The summed E-state index contributed by atoms with van der Waals surface area (Å²) in [6, 6.07) is 25.6. The molecule has 8 nitrogen and oxygen atoms in total. The van der Waals surface area contributed by atoms with Crippen molar-refractivity contribution in [2.75, 3.05) is 32.6 Å². The van der Waals surface area contributed by atoms with Gasteiger partial charge in [0.05, 0.1) is 24.3 Å². The van der Waals surface area contributed by atoms with Crippen molar-refractivity contribution in [3.8, 4) is 5.75 Å². The summed E-state index contributed by atoms with van der Waals surface area (Å²) in [6.07, 6.45) is 13.4. The molecule has 0 radical (unpaired) electrons. The van der Waals surface area contributed by atoms with E-state index in [1.165, 1.54) is 87.8 Å². The zero-order valence-corrected chi connectivity index (χ0v) is 32.0. The van der Waals surface area contributed by atoms with E-state index in [-0.39, 0.29) is 24.2 Å². The van der Waals surface area contributed by atoms with E-state index in [1.807, 2.05) is 0 Å². The van der Waals surface area contributed by atoms with Crippen LogP contribution in [0.25, 0.3) is 32.3 Å². The predicted molar refractivity (Wildman–Crippen MR) is 213 cm³/mol. The van der Waals surface area contributed by atoms with Crippen LogP contribution in [-0.2, 0) is 25.0 Å². The van der Waals surface area contributed by atoms with Crippen molar-refractivity contribution >= 4 is 45.6 Å². The molecule has 0 aromatic heterocycles. The van der Waals surface area contributed by atoms with Crippen LogP contribution in [0.5, 0.6) is 5.75 Å². The first-order valence-electron chi connectivity index (χ1n) is 19.4. The lowest BCUT2D eigenvalue weighted by molar-refractivity contribution is -0.384. The highest BCUT2D eigenvalue weighted by Crippen LogP contribution is 2.49. The molecule has 9 heteroatoms. The molecule has 0 aliphatic carbocycles. The van der Waals surface area contributed by atoms with Crippen LogP contribution in [0.4, 0.5) is 5.69 Å². The number of nitro groups is 1. The maximum Gasteiger partial charge on any atom is 0.379 e. The molecular formula is C43H56NO7P. The normalized spacial score (nSPS) is 13.6. The van der Waals surface area contributed by atoms with Crippen LogP contribution < -0.4 is 4.52 Å². The molecule has 0 aliphatic heterocycles. The van der Waals surface area contributed by atoms with Gasteiger partial charge in [0.1, 0.15) is 11.9 Å². The number of aryl methyl sites for hydroxylation is 1. The number of unbranched alkanes of at least 4 members (excludes halogenated alkanes) is 9. The Morgan fingerprint density at radius 2 is 1.31 bits per heavy atom. The van der Waals surface area contributed by atoms with Gasteiger partial charge in [-0.2, -0.15) is 0 Å². The average molecular weight is 730 g/mol. The van der Waals surface area contributed by atoms with Gasteiger partial charge in [-0.05, 0) is 82.1 Å². The van der Waals surface area contributed by atoms with Crippen LogP contribution in [0.1, 0.15) is 96.5 Å². The van der Waals surface area contributed by atoms with Crippen LogP contribution in [0.2, 0.25) is 0 Å². The Morgan fingerprint density at radius 3 is 2.04 bits per heavy atom. The summed E-state index contributed by atoms with van der Waals surface area (Å²) in [6.45, 7) is 5.95. The zero-order valence-electron chi connectivity index (χ0n) is 31.1. The van der Waals surface area contributed by atoms with Gasteiger partial charge in [-0.3, -0.25) is 14.6 Å². The average Bonchev–Trinajstić information content (AvgIpc) is 3.16. The van der Waals surface area contributed by atoms with Crippen molar-refractivity contribution in [3.63, 3.8) is 0 Å². The molecule has 0 spiro atoms. The van der Waals surface area contributed by atoms with E-state index < -0.39 is 18.6 Å². The van der Waals surface area contributed by atoms with Crippen molar-refractivity contribution in [2.45, 2.75) is 103 Å². The van der Waals surface area contributed by atoms with Gasteiger partial charge in [0.2, 0.25) is 0 Å². The van der Waals surface area contributed by atoms with Crippen LogP contribution in [-0.4, -0.2) is 43.6 Å². The fourth-order valence-electron chi connectivity index (χ4n) is 6.88. The predicted octanol–water partition coefficient (Wildman–Crippen LogP) is 12.4. The fourth-order valence-corrected chi connectivity index (χ4v) is 8.60. The number of non-ortho nitro benzene ring substituents is 1. The van der Waals surface area contributed by atoms with Crippen LogP contribution in [0.3, 0.4) is 0 Å². The second-order valence-electron chi connectivity index (χ2n) is 13.9. The summed E-state index contributed by atoms with van der Waals surface area (Å²) in [5.74, 6) is 0.285. The lowest BCUT2D eigenvalue weighted by Gasteiger charge is -2.23.